The average molecular weight is 284 g/mol. The van der Waals surface area contributed by atoms with E-state index in [1.165, 1.54) is 12.1 Å². The van der Waals surface area contributed by atoms with Crippen LogP contribution in [-0.2, 0) is 6.54 Å². The van der Waals surface area contributed by atoms with Gasteiger partial charge in [0.25, 0.3) is 5.91 Å². The molecule has 0 radical (unpaired) electrons. The van der Waals surface area contributed by atoms with Gasteiger partial charge in [-0.15, -0.1) is 0 Å². The average Bonchev–Trinajstić information content (AvgIpc) is 2.91. The number of H-pyrrole nitrogens is 1. The molecule has 106 valence electrons. The van der Waals surface area contributed by atoms with Crippen LogP contribution in [0.3, 0.4) is 0 Å². The molecular formula is C15H13FN4O. The van der Waals surface area contributed by atoms with Crippen molar-refractivity contribution in [2.75, 3.05) is 0 Å². The topological polar surface area (TPSA) is 70.7 Å². The highest BCUT2D eigenvalue weighted by atomic mass is 19.1. The van der Waals surface area contributed by atoms with Gasteiger partial charge in [-0.05, 0) is 36.8 Å². The maximum absolute atomic E-state index is 13.5. The molecule has 2 heterocycles. The number of nitrogens with zero attached hydrogens (tertiary/aromatic N) is 2. The summed E-state index contributed by atoms with van der Waals surface area (Å²) >= 11 is 0. The molecule has 0 saturated heterocycles. The first-order valence-corrected chi connectivity index (χ1v) is 6.48. The zero-order chi connectivity index (χ0) is 14.8. The fourth-order valence-electron chi connectivity index (χ4n) is 2.15. The fourth-order valence-corrected chi connectivity index (χ4v) is 2.15. The summed E-state index contributed by atoms with van der Waals surface area (Å²) in [5, 5.41) is 10.5. The lowest BCUT2D eigenvalue weighted by Gasteiger charge is -2.07. The molecule has 0 unspecified atom stereocenters. The number of rotatable bonds is 3. The molecule has 6 heteroatoms. The number of fused-ring (bicyclic) bond motifs is 1. The minimum atomic E-state index is -0.390. The number of nitrogens with one attached hydrogen (secondary N) is 2. The number of carbonyl (C=O) groups excluding carboxylic acids is 1. The van der Waals surface area contributed by atoms with Crippen LogP contribution in [0.4, 0.5) is 4.39 Å². The van der Waals surface area contributed by atoms with E-state index < -0.39 is 0 Å². The molecule has 1 amide bonds. The summed E-state index contributed by atoms with van der Waals surface area (Å²) in [7, 11) is 0. The molecule has 0 bridgehead atoms. The fraction of sp³-hybridized carbons (Fsp3) is 0.133. The smallest absolute Gasteiger partial charge is 0.251 e. The Balaban J connectivity index is 1.78. The molecule has 1 aromatic carbocycles. The van der Waals surface area contributed by atoms with Crippen LogP contribution >= 0.6 is 0 Å². The Morgan fingerprint density at radius 1 is 1.33 bits per heavy atom. The van der Waals surface area contributed by atoms with Crippen LogP contribution in [0.2, 0.25) is 0 Å². The van der Waals surface area contributed by atoms with E-state index in [0.717, 1.165) is 11.1 Å². The Hall–Kier alpha value is -2.76. The zero-order valence-electron chi connectivity index (χ0n) is 11.4. The number of hydrogen-bond acceptors (Lipinski definition) is 3. The maximum Gasteiger partial charge on any atom is 0.251 e. The number of carbonyl (C=O) groups is 1. The minimum Gasteiger partial charge on any atom is -0.346 e. The number of pyridine rings is 1. The Bertz CT molecular complexity index is 812. The first-order chi connectivity index (χ1) is 10.2. The van der Waals surface area contributed by atoms with Crippen LogP contribution in [0.15, 0.2) is 36.5 Å². The van der Waals surface area contributed by atoms with Crippen LogP contribution in [-0.4, -0.2) is 21.1 Å². The third-order valence-electron chi connectivity index (χ3n) is 3.35. The normalized spacial score (nSPS) is 10.8. The highest BCUT2D eigenvalue weighted by Gasteiger charge is 2.12. The van der Waals surface area contributed by atoms with Gasteiger partial charge in [-0.25, -0.2) is 9.37 Å². The van der Waals surface area contributed by atoms with E-state index >= 15 is 0 Å². The molecule has 0 aliphatic carbocycles. The Morgan fingerprint density at radius 2 is 2.19 bits per heavy atom. The highest BCUT2D eigenvalue weighted by Crippen LogP contribution is 2.14. The highest BCUT2D eigenvalue weighted by molar-refractivity contribution is 5.95. The Labute approximate surface area is 120 Å². The second-order valence-corrected chi connectivity index (χ2v) is 4.67. The summed E-state index contributed by atoms with van der Waals surface area (Å²) in [6.45, 7) is 1.86. The molecule has 5 nitrogen and oxygen atoms in total. The zero-order valence-corrected chi connectivity index (χ0v) is 11.4. The minimum absolute atomic E-state index is 0.275. The van der Waals surface area contributed by atoms with Crippen LogP contribution in [0.1, 0.15) is 21.6 Å². The van der Waals surface area contributed by atoms with Crippen molar-refractivity contribution >= 4 is 16.9 Å². The van der Waals surface area contributed by atoms with E-state index in [-0.39, 0.29) is 18.3 Å². The molecular weight excluding hydrogens is 271 g/mol. The summed E-state index contributed by atoms with van der Waals surface area (Å²) in [6.07, 6.45) is 1.65. The molecule has 3 rings (SSSR count). The SMILES string of the molecule is Cc1c(F)cccc1C(=O)NCc1[nH]nc2ncccc12. The monoisotopic (exact) mass is 284 g/mol. The lowest BCUT2D eigenvalue weighted by atomic mass is 10.1. The van der Waals surface area contributed by atoms with Crippen molar-refractivity contribution in [3.8, 4) is 0 Å². The van der Waals surface area contributed by atoms with Crippen molar-refractivity contribution in [1.29, 1.82) is 0 Å². The molecule has 0 saturated carbocycles. The second kappa shape index (κ2) is 5.32. The Morgan fingerprint density at radius 3 is 3.05 bits per heavy atom. The van der Waals surface area contributed by atoms with Crippen molar-refractivity contribution in [1.82, 2.24) is 20.5 Å². The summed E-state index contributed by atoms with van der Waals surface area (Å²) < 4.78 is 13.5. The van der Waals surface area contributed by atoms with Crippen molar-refractivity contribution in [3.05, 3.63) is 59.2 Å². The van der Waals surface area contributed by atoms with E-state index in [2.05, 4.69) is 20.5 Å². The van der Waals surface area contributed by atoms with Gasteiger partial charge in [0.2, 0.25) is 0 Å². The molecule has 0 aliphatic rings. The molecule has 0 fully saturated rings. The second-order valence-electron chi connectivity index (χ2n) is 4.67. The predicted octanol–water partition coefficient (Wildman–Crippen LogP) is 2.34. The predicted molar refractivity (Wildman–Crippen MR) is 76.2 cm³/mol. The van der Waals surface area contributed by atoms with Gasteiger partial charge in [0.15, 0.2) is 5.65 Å². The van der Waals surface area contributed by atoms with Crippen LogP contribution in [0, 0.1) is 12.7 Å². The van der Waals surface area contributed by atoms with E-state index in [0.29, 0.717) is 16.8 Å². The van der Waals surface area contributed by atoms with E-state index in [9.17, 15) is 9.18 Å². The number of aromatic nitrogens is 3. The lowest BCUT2D eigenvalue weighted by Crippen LogP contribution is -2.24. The van der Waals surface area contributed by atoms with Crippen LogP contribution in [0.25, 0.3) is 11.0 Å². The van der Waals surface area contributed by atoms with Crippen LogP contribution in [0.5, 0.6) is 0 Å². The largest absolute Gasteiger partial charge is 0.346 e. The van der Waals surface area contributed by atoms with Gasteiger partial charge >= 0.3 is 0 Å². The van der Waals surface area contributed by atoms with Crippen molar-refractivity contribution in [2.45, 2.75) is 13.5 Å². The van der Waals surface area contributed by atoms with Gasteiger partial charge in [0, 0.05) is 17.1 Å². The molecule has 0 aliphatic heterocycles. The third-order valence-corrected chi connectivity index (χ3v) is 3.35. The van der Waals surface area contributed by atoms with Crippen LogP contribution < -0.4 is 5.32 Å². The quantitative estimate of drug-likeness (QED) is 0.775. The summed E-state index contributed by atoms with van der Waals surface area (Å²) in [6, 6.07) is 8.13. The number of halogens is 1. The van der Waals surface area contributed by atoms with Gasteiger partial charge in [0.05, 0.1) is 12.2 Å². The van der Waals surface area contributed by atoms with Gasteiger partial charge in [-0.3, -0.25) is 9.89 Å². The molecule has 2 aromatic heterocycles. The van der Waals surface area contributed by atoms with E-state index in [1.54, 1.807) is 25.3 Å². The summed E-state index contributed by atoms with van der Waals surface area (Å²) in [5.41, 5.74) is 2.03. The van der Waals surface area contributed by atoms with Crippen molar-refractivity contribution in [3.63, 3.8) is 0 Å². The van der Waals surface area contributed by atoms with Gasteiger partial charge in [-0.1, -0.05) is 6.07 Å². The molecule has 3 aromatic rings. The molecule has 0 atom stereocenters. The molecule has 2 N–H and O–H groups in total. The van der Waals surface area contributed by atoms with E-state index in [4.69, 9.17) is 0 Å². The number of aromatic amines is 1. The third kappa shape index (κ3) is 2.47. The Kier molecular flexibility index (Phi) is 3.35. The van der Waals surface area contributed by atoms with Crippen molar-refractivity contribution in [2.24, 2.45) is 0 Å². The number of hydrogen-bond donors (Lipinski definition) is 2. The van der Waals surface area contributed by atoms with Gasteiger partial charge in [-0.2, -0.15) is 5.10 Å². The number of amides is 1. The standard InChI is InChI=1S/C15H13FN4O/c1-9-10(4-2-6-12(9)16)15(21)18-8-13-11-5-3-7-17-14(11)20-19-13/h2-7H,8H2,1H3,(H,18,21)(H,17,19,20). The van der Waals surface area contributed by atoms with Gasteiger partial charge < -0.3 is 5.32 Å². The molecule has 0 spiro atoms. The lowest BCUT2D eigenvalue weighted by molar-refractivity contribution is 0.0949. The van der Waals surface area contributed by atoms with Gasteiger partial charge in [0.1, 0.15) is 5.82 Å². The van der Waals surface area contributed by atoms with E-state index in [1.807, 2.05) is 6.07 Å². The summed E-state index contributed by atoms with van der Waals surface area (Å²) in [5.74, 6) is -0.711. The molecule has 21 heavy (non-hydrogen) atoms. The first-order valence-electron chi connectivity index (χ1n) is 6.48. The first kappa shape index (κ1) is 13.2. The summed E-state index contributed by atoms with van der Waals surface area (Å²) in [4.78, 5) is 16.2. The number of benzene rings is 1. The maximum atomic E-state index is 13.5. The van der Waals surface area contributed by atoms with Crippen molar-refractivity contribution < 1.29 is 9.18 Å².